The van der Waals surface area contributed by atoms with Gasteiger partial charge in [0.05, 0.1) is 28.4 Å². The summed E-state index contributed by atoms with van der Waals surface area (Å²) in [7, 11) is -3.93. The van der Waals surface area contributed by atoms with E-state index in [-0.39, 0.29) is 40.2 Å². The minimum atomic E-state index is -3.93. The van der Waals surface area contributed by atoms with Gasteiger partial charge in [-0.25, -0.2) is 8.42 Å². The van der Waals surface area contributed by atoms with E-state index in [0.717, 1.165) is 5.56 Å². The number of carbonyl (C=O) groups is 2. The van der Waals surface area contributed by atoms with Crippen molar-refractivity contribution in [3.05, 3.63) is 53.6 Å². The molecule has 2 unspecified atom stereocenters. The van der Waals surface area contributed by atoms with E-state index in [4.69, 9.17) is 4.74 Å². The highest BCUT2D eigenvalue weighted by atomic mass is 32.2. The Morgan fingerprint density at radius 3 is 2.55 bits per heavy atom. The average Bonchev–Trinajstić information content (AvgIpc) is 2.72. The standard InChI is InChI=1S/C22H25N3O5S/c1-14-12-25(13-15(2)30-14)22(27)18-5-3-4-6-20(18)24-31(28,29)17-8-9-19-16(11-17)7-10-21(26)23-19/h3-6,8-9,11,14-15,24H,7,10,12-13H2,1-2H3,(H,23,26). The van der Waals surface area contributed by atoms with Crippen LogP contribution in [-0.2, 0) is 26.0 Å². The number of rotatable bonds is 4. The van der Waals surface area contributed by atoms with Crippen molar-refractivity contribution < 1.29 is 22.7 Å². The first-order valence-corrected chi connectivity index (χ1v) is 11.7. The third-order valence-electron chi connectivity index (χ3n) is 5.39. The number of morpholine rings is 1. The van der Waals surface area contributed by atoms with Crippen molar-refractivity contribution in [1.82, 2.24) is 4.90 Å². The summed E-state index contributed by atoms with van der Waals surface area (Å²) >= 11 is 0. The second-order valence-corrected chi connectivity index (χ2v) is 9.67. The zero-order chi connectivity index (χ0) is 22.2. The molecule has 2 aromatic rings. The molecule has 9 heteroatoms. The Kier molecular flexibility index (Phi) is 5.72. The summed E-state index contributed by atoms with van der Waals surface area (Å²) in [4.78, 5) is 26.5. The van der Waals surface area contributed by atoms with E-state index in [0.29, 0.717) is 31.6 Å². The number of hydrogen-bond donors (Lipinski definition) is 2. The minimum absolute atomic E-state index is 0.0817. The molecule has 1 fully saturated rings. The fourth-order valence-corrected chi connectivity index (χ4v) is 5.13. The second kappa shape index (κ2) is 8.32. The number of nitrogens with one attached hydrogen (secondary N) is 2. The lowest BCUT2D eigenvalue weighted by Crippen LogP contribution is -2.48. The monoisotopic (exact) mass is 443 g/mol. The van der Waals surface area contributed by atoms with Gasteiger partial charge in [0.15, 0.2) is 0 Å². The molecule has 2 aliphatic rings. The van der Waals surface area contributed by atoms with E-state index in [1.165, 1.54) is 6.07 Å². The van der Waals surface area contributed by atoms with Crippen LogP contribution in [0.15, 0.2) is 47.4 Å². The number of amides is 2. The van der Waals surface area contributed by atoms with Crippen LogP contribution in [0.4, 0.5) is 11.4 Å². The third-order valence-corrected chi connectivity index (χ3v) is 6.75. The normalized spacial score (nSPS) is 21.2. The molecule has 8 nitrogen and oxygen atoms in total. The van der Waals surface area contributed by atoms with Crippen molar-refractivity contribution in [2.45, 2.75) is 43.8 Å². The van der Waals surface area contributed by atoms with E-state index < -0.39 is 10.0 Å². The smallest absolute Gasteiger partial charge is 0.261 e. The molecule has 2 amide bonds. The zero-order valence-corrected chi connectivity index (χ0v) is 18.2. The minimum Gasteiger partial charge on any atom is -0.372 e. The van der Waals surface area contributed by atoms with Gasteiger partial charge in [0.25, 0.3) is 15.9 Å². The molecule has 0 bridgehead atoms. The van der Waals surface area contributed by atoms with Crippen molar-refractivity contribution in [3.63, 3.8) is 0 Å². The van der Waals surface area contributed by atoms with Crippen LogP contribution in [0.2, 0.25) is 0 Å². The molecule has 0 spiro atoms. The van der Waals surface area contributed by atoms with Gasteiger partial charge in [0, 0.05) is 25.2 Å². The SMILES string of the molecule is CC1CN(C(=O)c2ccccc2NS(=O)(=O)c2ccc3c(c2)CCC(=O)N3)CC(C)O1. The van der Waals surface area contributed by atoms with Crippen LogP contribution < -0.4 is 10.0 Å². The summed E-state index contributed by atoms with van der Waals surface area (Å²) in [5.41, 5.74) is 1.91. The van der Waals surface area contributed by atoms with E-state index in [2.05, 4.69) is 10.0 Å². The summed E-state index contributed by atoms with van der Waals surface area (Å²) in [6.07, 6.45) is 0.616. The van der Waals surface area contributed by atoms with Crippen molar-refractivity contribution >= 4 is 33.2 Å². The van der Waals surface area contributed by atoms with Gasteiger partial charge in [-0.05, 0) is 56.2 Å². The van der Waals surface area contributed by atoms with Gasteiger partial charge >= 0.3 is 0 Å². The van der Waals surface area contributed by atoms with E-state index >= 15 is 0 Å². The van der Waals surface area contributed by atoms with Crippen LogP contribution in [0.1, 0.15) is 36.2 Å². The molecule has 2 N–H and O–H groups in total. The molecule has 31 heavy (non-hydrogen) atoms. The van der Waals surface area contributed by atoms with Crippen molar-refractivity contribution in [2.75, 3.05) is 23.1 Å². The summed E-state index contributed by atoms with van der Waals surface area (Å²) in [5, 5.41) is 2.74. The van der Waals surface area contributed by atoms with E-state index in [1.807, 2.05) is 13.8 Å². The Balaban J connectivity index is 1.60. The number of nitrogens with zero attached hydrogens (tertiary/aromatic N) is 1. The van der Waals surface area contributed by atoms with Crippen LogP contribution >= 0.6 is 0 Å². The highest BCUT2D eigenvalue weighted by molar-refractivity contribution is 7.92. The fourth-order valence-electron chi connectivity index (χ4n) is 4.00. The number of anilines is 2. The Hall–Kier alpha value is -2.91. The molecule has 0 aromatic heterocycles. The first-order valence-electron chi connectivity index (χ1n) is 10.2. The predicted octanol–water partition coefficient (Wildman–Crippen LogP) is 2.62. The predicted molar refractivity (Wildman–Crippen MR) is 117 cm³/mol. The van der Waals surface area contributed by atoms with E-state index in [1.54, 1.807) is 41.3 Å². The van der Waals surface area contributed by atoms with Gasteiger partial charge < -0.3 is 15.0 Å². The maximum Gasteiger partial charge on any atom is 0.261 e. The average molecular weight is 444 g/mol. The first kappa shape index (κ1) is 21.3. The lowest BCUT2D eigenvalue weighted by molar-refractivity contribution is -0.116. The van der Waals surface area contributed by atoms with E-state index in [9.17, 15) is 18.0 Å². The summed E-state index contributed by atoms with van der Waals surface area (Å²) in [6.45, 7) is 4.70. The number of para-hydroxylation sites is 1. The molecule has 2 aromatic carbocycles. The largest absolute Gasteiger partial charge is 0.372 e. The number of fused-ring (bicyclic) bond motifs is 1. The van der Waals surface area contributed by atoms with Gasteiger partial charge in [-0.3, -0.25) is 14.3 Å². The topological polar surface area (TPSA) is 105 Å². The van der Waals surface area contributed by atoms with Crippen molar-refractivity contribution in [1.29, 1.82) is 0 Å². The Labute approximate surface area is 181 Å². The Bertz CT molecular complexity index is 1120. The molecule has 0 aliphatic carbocycles. The van der Waals surface area contributed by atoms with Crippen LogP contribution in [0.25, 0.3) is 0 Å². The number of sulfonamides is 1. The van der Waals surface area contributed by atoms with Crippen molar-refractivity contribution in [2.24, 2.45) is 0 Å². The zero-order valence-electron chi connectivity index (χ0n) is 17.4. The van der Waals surface area contributed by atoms with Crippen LogP contribution in [-0.4, -0.2) is 50.4 Å². The Morgan fingerprint density at radius 1 is 1.10 bits per heavy atom. The molecule has 0 radical (unpaired) electrons. The van der Waals surface area contributed by atoms with Gasteiger partial charge in [-0.15, -0.1) is 0 Å². The highest BCUT2D eigenvalue weighted by Crippen LogP contribution is 2.28. The first-order chi connectivity index (χ1) is 14.7. The maximum atomic E-state index is 13.2. The highest BCUT2D eigenvalue weighted by Gasteiger charge is 2.29. The summed E-state index contributed by atoms with van der Waals surface area (Å²) in [6, 6.07) is 11.2. The van der Waals surface area contributed by atoms with Crippen LogP contribution in [0.3, 0.4) is 0 Å². The molecule has 2 atom stereocenters. The van der Waals surface area contributed by atoms with Crippen LogP contribution in [0, 0.1) is 0 Å². The van der Waals surface area contributed by atoms with Gasteiger partial charge in [0.2, 0.25) is 5.91 Å². The molecular weight excluding hydrogens is 418 g/mol. The molecule has 0 saturated carbocycles. The van der Waals surface area contributed by atoms with Crippen molar-refractivity contribution in [3.8, 4) is 0 Å². The molecule has 164 valence electrons. The number of ether oxygens (including phenoxy) is 1. The lowest BCUT2D eigenvalue weighted by atomic mass is 10.0. The molecular formula is C22H25N3O5S. The molecule has 1 saturated heterocycles. The number of aryl methyl sites for hydroxylation is 1. The molecule has 2 heterocycles. The van der Waals surface area contributed by atoms with Gasteiger partial charge in [-0.1, -0.05) is 12.1 Å². The molecule has 2 aliphatic heterocycles. The summed E-state index contributed by atoms with van der Waals surface area (Å²) < 4.78 is 34.4. The number of benzene rings is 2. The number of carbonyl (C=O) groups excluding carboxylic acids is 2. The Morgan fingerprint density at radius 2 is 1.81 bits per heavy atom. The van der Waals surface area contributed by atoms with Gasteiger partial charge in [-0.2, -0.15) is 0 Å². The summed E-state index contributed by atoms with van der Waals surface area (Å²) in [5.74, 6) is -0.325. The number of hydrogen-bond acceptors (Lipinski definition) is 5. The fraction of sp³-hybridized carbons (Fsp3) is 0.364. The van der Waals surface area contributed by atoms with Crippen LogP contribution in [0.5, 0.6) is 0 Å². The lowest BCUT2D eigenvalue weighted by Gasteiger charge is -2.35. The second-order valence-electron chi connectivity index (χ2n) is 7.99. The van der Waals surface area contributed by atoms with Gasteiger partial charge in [0.1, 0.15) is 0 Å². The quantitative estimate of drug-likeness (QED) is 0.756. The molecule has 4 rings (SSSR count). The maximum absolute atomic E-state index is 13.2. The third kappa shape index (κ3) is 4.57.